The normalized spacial score (nSPS) is 21.2. The summed E-state index contributed by atoms with van der Waals surface area (Å²) in [4.78, 5) is 24.9. The minimum Gasteiger partial charge on any atom is -0.342 e. The van der Waals surface area contributed by atoms with Crippen molar-refractivity contribution >= 4 is 5.95 Å². The van der Waals surface area contributed by atoms with Crippen molar-refractivity contribution < 1.29 is 0 Å². The van der Waals surface area contributed by atoms with Gasteiger partial charge in [0, 0.05) is 56.5 Å². The zero-order chi connectivity index (χ0) is 19.5. The van der Waals surface area contributed by atoms with Crippen molar-refractivity contribution in [3.8, 4) is 0 Å². The summed E-state index contributed by atoms with van der Waals surface area (Å²) in [6.45, 7) is 10.1. The number of nitrogens with one attached hydrogen (secondary N) is 1. The molecule has 4 heterocycles. The quantitative estimate of drug-likeness (QED) is 0.858. The van der Waals surface area contributed by atoms with E-state index in [-0.39, 0.29) is 5.56 Å². The van der Waals surface area contributed by atoms with Crippen LogP contribution in [0, 0.1) is 6.92 Å². The van der Waals surface area contributed by atoms with Gasteiger partial charge in [0.15, 0.2) is 0 Å². The first-order valence-corrected chi connectivity index (χ1v) is 10.7. The van der Waals surface area contributed by atoms with Crippen molar-refractivity contribution in [1.82, 2.24) is 24.6 Å². The summed E-state index contributed by atoms with van der Waals surface area (Å²) in [5, 5.41) is 4.57. The second-order valence-electron chi connectivity index (χ2n) is 8.21. The Morgan fingerprint density at radius 1 is 1.18 bits per heavy atom. The molecule has 0 unspecified atom stereocenters. The van der Waals surface area contributed by atoms with Gasteiger partial charge in [0.1, 0.15) is 0 Å². The predicted octanol–water partition coefficient (Wildman–Crippen LogP) is 2.66. The first-order valence-electron chi connectivity index (χ1n) is 10.7. The third kappa shape index (κ3) is 4.29. The van der Waals surface area contributed by atoms with Gasteiger partial charge in [0.2, 0.25) is 5.95 Å². The Bertz CT molecular complexity index is 851. The summed E-state index contributed by atoms with van der Waals surface area (Å²) in [7, 11) is 0. The summed E-state index contributed by atoms with van der Waals surface area (Å²) < 4.78 is 2.01. The maximum Gasteiger partial charge on any atom is 0.252 e. The largest absolute Gasteiger partial charge is 0.342 e. The van der Waals surface area contributed by atoms with E-state index in [0.717, 1.165) is 69.4 Å². The van der Waals surface area contributed by atoms with Gasteiger partial charge in [-0.3, -0.25) is 19.4 Å². The molecule has 2 aromatic rings. The molecule has 0 saturated carbocycles. The molecule has 2 saturated heterocycles. The fourth-order valence-electron chi connectivity index (χ4n) is 4.49. The van der Waals surface area contributed by atoms with E-state index in [1.807, 2.05) is 4.68 Å². The van der Waals surface area contributed by atoms with E-state index in [0.29, 0.717) is 5.92 Å². The molecule has 0 aromatic carbocycles. The minimum atomic E-state index is -0.0252. The van der Waals surface area contributed by atoms with Crippen LogP contribution < -0.4 is 10.5 Å². The predicted molar refractivity (Wildman–Crippen MR) is 111 cm³/mol. The Morgan fingerprint density at radius 3 is 2.75 bits per heavy atom. The summed E-state index contributed by atoms with van der Waals surface area (Å²) >= 11 is 0. The van der Waals surface area contributed by atoms with Gasteiger partial charge in [0.25, 0.3) is 5.56 Å². The zero-order valence-corrected chi connectivity index (χ0v) is 17.2. The van der Waals surface area contributed by atoms with E-state index in [4.69, 9.17) is 4.98 Å². The van der Waals surface area contributed by atoms with Crippen molar-refractivity contribution in [2.75, 3.05) is 31.1 Å². The van der Waals surface area contributed by atoms with Crippen LogP contribution in [0.25, 0.3) is 0 Å². The van der Waals surface area contributed by atoms with Crippen LogP contribution in [0.3, 0.4) is 0 Å². The third-order valence-electron chi connectivity index (χ3n) is 6.09. The number of piperidine rings is 2. The maximum absolute atomic E-state index is 12.3. The fourth-order valence-corrected chi connectivity index (χ4v) is 4.49. The van der Waals surface area contributed by atoms with Gasteiger partial charge in [0.05, 0.1) is 11.4 Å². The molecule has 152 valence electrons. The van der Waals surface area contributed by atoms with Gasteiger partial charge < -0.3 is 4.90 Å². The first kappa shape index (κ1) is 19.2. The molecule has 0 spiro atoms. The summed E-state index contributed by atoms with van der Waals surface area (Å²) in [5.74, 6) is 1.08. The number of likely N-dealkylation sites (tertiary alicyclic amines) is 1. The van der Waals surface area contributed by atoms with Gasteiger partial charge in [-0.25, -0.2) is 4.98 Å². The average molecular weight is 385 g/mol. The Balaban J connectivity index is 1.48. The molecule has 1 atom stereocenters. The molecule has 0 bridgehead atoms. The Kier molecular flexibility index (Phi) is 5.80. The molecule has 0 radical (unpaired) electrons. The van der Waals surface area contributed by atoms with Crippen LogP contribution in [0.1, 0.15) is 61.9 Å². The second kappa shape index (κ2) is 8.47. The lowest BCUT2D eigenvalue weighted by atomic mass is 9.94. The molecule has 2 aliphatic rings. The Hall–Kier alpha value is -2.15. The monoisotopic (exact) mass is 384 g/mol. The molecular weight excluding hydrogens is 352 g/mol. The van der Waals surface area contributed by atoms with Crippen molar-refractivity contribution in [3.63, 3.8) is 0 Å². The number of hydrogen-bond donors (Lipinski definition) is 1. The highest BCUT2D eigenvalue weighted by Crippen LogP contribution is 2.27. The van der Waals surface area contributed by atoms with Crippen LogP contribution in [0.4, 0.5) is 5.95 Å². The molecule has 7 nitrogen and oxygen atoms in total. The fraction of sp³-hybridized carbons (Fsp3) is 0.667. The molecule has 28 heavy (non-hydrogen) atoms. The maximum atomic E-state index is 12.3. The van der Waals surface area contributed by atoms with Crippen LogP contribution in [-0.4, -0.2) is 50.8 Å². The number of rotatable bonds is 5. The highest BCUT2D eigenvalue weighted by Gasteiger charge is 2.25. The van der Waals surface area contributed by atoms with Gasteiger partial charge in [-0.05, 0) is 52.5 Å². The second-order valence-corrected chi connectivity index (χ2v) is 8.21. The Morgan fingerprint density at radius 2 is 2.00 bits per heavy atom. The summed E-state index contributed by atoms with van der Waals surface area (Å²) in [5.41, 5.74) is 3.35. The highest BCUT2D eigenvalue weighted by molar-refractivity contribution is 5.31. The van der Waals surface area contributed by atoms with Crippen LogP contribution >= 0.6 is 0 Å². The van der Waals surface area contributed by atoms with Gasteiger partial charge in [-0.1, -0.05) is 0 Å². The number of H-pyrrole nitrogens is 1. The van der Waals surface area contributed by atoms with Crippen molar-refractivity contribution in [2.24, 2.45) is 0 Å². The van der Waals surface area contributed by atoms with E-state index in [1.165, 1.54) is 24.8 Å². The molecule has 2 aliphatic heterocycles. The Labute approximate surface area is 166 Å². The summed E-state index contributed by atoms with van der Waals surface area (Å²) in [6.07, 6.45) is 8.02. The van der Waals surface area contributed by atoms with Crippen LogP contribution in [0.5, 0.6) is 0 Å². The van der Waals surface area contributed by atoms with Crippen LogP contribution in [0.15, 0.2) is 17.1 Å². The number of hydrogen-bond acceptors (Lipinski definition) is 5. The molecule has 4 rings (SSSR count). The van der Waals surface area contributed by atoms with Gasteiger partial charge in [-0.15, -0.1) is 0 Å². The van der Waals surface area contributed by atoms with E-state index in [9.17, 15) is 4.79 Å². The van der Waals surface area contributed by atoms with E-state index in [1.54, 1.807) is 6.07 Å². The average Bonchev–Trinajstić information content (AvgIpc) is 3.08. The smallest absolute Gasteiger partial charge is 0.252 e. The molecule has 0 amide bonds. The number of aryl methyl sites for hydroxylation is 2. The van der Waals surface area contributed by atoms with Crippen molar-refractivity contribution in [1.29, 1.82) is 0 Å². The topological polar surface area (TPSA) is 70.1 Å². The number of aromatic amines is 1. The van der Waals surface area contributed by atoms with E-state index < -0.39 is 0 Å². The molecule has 7 heteroatoms. The number of nitrogens with zero attached hydrogens (tertiary/aromatic N) is 5. The number of anilines is 1. The van der Waals surface area contributed by atoms with E-state index >= 15 is 0 Å². The van der Waals surface area contributed by atoms with Crippen LogP contribution in [0.2, 0.25) is 0 Å². The van der Waals surface area contributed by atoms with Gasteiger partial charge in [-0.2, -0.15) is 5.10 Å². The van der Waals surface area contributed by atoms with Crippen LogP contribution in [-0.2, 0) is 13.1 Å². The van der Waals surface area contributed by atoms with Gasteiger partial charge >= 0.3 is 0 Å². The molecule has 2 fully saturated rings. The molecular formula is C21H32N6O. The van der Waals surface area contributed by atoms with E-state index in [2.05, 4.69) is 39.9 Å². The lowest BCUT2D eigenvalue weighted by Gasteiger charge is -2.33. The molecule has 2 aromatic heterocycles. The highest BCUT2D eigenvalue weighted by atomic mass is 16.1. The van der Waals surface area contributed by atoms with Crippen molar-refractivity contribution in [3.05, 3.63) is 39.6 Å². The summed E-state index contributed by atoms with van der Waals surface area (Å²) in [6, 6.07) is 1.71. The SMILES string of the molecule is CCn1cc(CN2CCC[C@H](c3cc(=O)[nH]c(N4CCCCC4)n3)C2)c(C)n1. The molecule has 0 aliphatic carbocycles. The lowest BCUT2D eigenvalue weighted by Crippen LogP contribution is -2.36. The first-order chi connectivity index (χ1) is 13.6. The number of aromatic nitrogens is 4. The standard InChI is InChI=1S/C21H32N6O/c1-3-27-15-18(16(2)24-27)14-25-9-7-8-17(13-25)19-12-20(28)23-21(22-19)26-10-5-4-6-11-26/h12,15,17H,3-11,13-14H2,1-2H3,(H,22,23,28)/t17-/m0/s1. The lowest BCUT2D eigenvalue weighted by molar-refractivity contribution is 0.198. The van der Waals surface area contributed by atoms with Crippen molar-refractivity contribution in [2.45, 2.75) is 65.0 Å². The zero-order valence-electron chi connectivity index (χ0n) is 17.2. The molecule has 1 N–H and O–H groups in total. The minimum absolute atomic E-state index is 0.0252. The third-order valence-corrected chi connectivity index (χ3v) is 6.09.